The van der Waals surface area contributed by atoms with E-state index < -0.39 is 9.84 Å². The molecule has 1 amide bonds. The zero-order valence-electron chi connectivity index (χ0n) is 16.4. The summed E-state index contributed by atoms with van der Waals surface area (Å²) < 4.78 is 26.3. The lowest BCUT2D eigenvalue weighted by Gasteiger charge is -2.35. The summed E-state index contributed by atoms with van der Waals surface area (Å²) in [4.78, 5) is 23.3. The van der Waals surface area contributed by atoms with Gasteiger partial charge < -0.3 is 4.90 Å². The number of nitrogens with zero attached hydrogens (tertiary/aromatic N) is 5. The van der Waals surface area contributed by atoms with Gasteiger partial charge in [-0.3, -0.25) is 4.79 Å². The number of carbonyl (C=O) groups excluding carboxylic acids is 1. The first-order valence-electron chi connectivity index (χ1n) is 9.58. The summed E-state index contributed by atoms with van der Waals surface area (Å²) >= 11 is 0. The molecule has 0 bridgehead atoms. The Labute approximate surface area is 169 Å². The van der Waals surface area contributed by atoms with Crippen molar-refractivity contribution in [2.24, 2.45) is 0 Å². The molecule has 4 rings (SSSR count). The summed E-state index contributed by atoms with van der Waals surface area (Å²) in [5.74, 6) is -0.0139. The first-order valence-corrected chi connectivity index (χ1v) is 11.5. The highest BCUT2D eigenvalue weighted by atomic mass is 32.2. The molecule has 0 radical (unpaired) electrons. The summed E-state index contributed by atoms with van der Waals surface area (Å²) in [6.07, 6.45) is 5.44. The molecule has 2 aromatic heterocycles. The van der Waals surface area contributed by atoms with Crippen LogP contribution in [0.4, 0.5) is 0 Å². The van der Waals surface area contributed by atoms with Crippen molar-refractivity contribution in [1.82, 2.24) is 24.5 Å². The fourth-order valence-electron chi connectivity index (χ4n) is 4.00. The number of rotatable bonds is 4. The monoisotopic (exact) mass is 413 g/mol. The highest BCUT2D eigenvalue weighted by Gasteiger charge is 2.32. The van der Waals surface area contributed by atoms with Crippen LogP contribution in [0.2, 0.25) is 0 Å². The summed E-state index contributed by atoms with van der Waals surface area (Å²) in [6, 6.07) is 9.68. The minimum absolute atomic E-state index is 0.0469. The van der Waals surface area contributed by atoms with Crippen LogP contribution in [0, 0.1) is 0 Å². The lowest BCUT2D eigenvalue weighted by molar-refractivity contribution is -0.133. The smallest absolute Gasteiger partial charge is 0.252 e. The Hall–Kier alpha value is -2.81. The van der Waals surface area contributed by atoms with Crippen molar-refractivity contribution >= 4 is 21.5 Å². The maximum absolute atomic E-state index is 13.1. The Balaban J connectivity index is 1.67. The molecule has 2 atom stereocenters. The summed E-state index contributed by atoms with van der Waals surface area (Å²) in [5.41, 5.74) is 1.53. The maximum Gasteiger partial charge on any atom is 0.252 e. The van der Waals surface area contributed by atoms with Gasteiger partial charge >= 0.3 is 0 Å². The van der Waals surface area contributed by atoms with E-state index in [1.807, 2.05) is 42.2 Å². The zero-order valence-corrected chi connectivity index (χ0v) is 17.2. The predicted octanol–water partition coefficient (Wildman–Crippen LogP) is 2.04. The Morgan fingerprint density at radius 1 is 1.21 bits per heavy atom. The second-order valence-electron chi connectivity index (χ2n) is 7.51. The van der Waals surface area contributed by atoms with Gasteiger partial charge in [-0.15, -0.1) is 0 Å². The first kappa shape index (κ1) is 19.5. The summed E-state index contributed by atoms with van der Waals surface area (Å²) in [5, 5.41) is 4.20. The Morgan fingerprint density at radius 3 is 2.69 bits per heavy atom. The minimum atomic E-state index is -3.50. The van der Waals surface area contributed by atoms with Crippen LogP contribution < -0.4 is 0 Å². The first-order chi connectivity index (χ1) is 13.9. The van der Waals surface area contributed by atoms with Crippen molar-refractivity contribution in [3.63, 3.8) is 0 Å². The second-order valence-corrected chi connectivity index (χ2v) is 9.49. The second kappa shape index (κ2) is 7.55. The SMILES string of the molecule is C[C@@H](C(=O)N1CCC[C@H](c2c(S(C)(=O)=O)cnc3ncnn23)C1)c1ccccc1. The largest absolute Gasteiger partial charge is 0.342 e. The molecule has 8 nitrogen and oxygen atoms in total. The topological polar surface area (TPSA) is 97.5 Å². The van der Waals surface area contributed by atoms with Crippen LogP contribution in [-0.2, 0) is 14.6 Å². The van der Waals surface area contributed by atoms with Gasteiger partial charge in [-0.2, -0.15) is 14.6 Å². The third kappa shape index (κ3) is 3.74. The highest BCUT2D eigenvalue weighted by molar-refractivity contribution is 7.90. The number of fused-ring (bicyclic) bond motifs is 1. The fraction of sp³-hybridized carbons (Fsp3) is 0.400. The average Bonchev–Trinajstić information content (AvgIpc) is 3.21. The van der Waals surface area contributed by atoms with Gasteiger partial charge in [0.05, 0.1) is 17.8 Å². The molecule has 9 heteroatoms. The molecule has 0 unspecified atom stereocenters. The number of likely N-dealkylation sites (tertiary alicyclic amines) is 1. The Morgan fingerprint density at radius 2 is 1.97 bits per heavy atom. The highest BCUT2D eigenvalue weighted by Crippen LogP contribution is 2.32. The van der Waals surface area contributed by atoms with Gasteiger partial charge in [0.25, 0.3) is 5.78 Å². The van der Waals surface area contributed by atoms with Crippen molar-refractivity contribution in [2.75, 3.05) is 19.3 Å². The maximum atomic E-state index is 13.1. The van der Waals surface area contributed by atoms with Crippen LogP contribution in [0.5, 0.6) is 0 Å². The number of amides is 1. The predicted molar refractivity (Wildman–Crippen MR) is 107 cm³/mol. The van der Waals surface area contributed by atoms with E-state index in [1.165, 1.54) is 23.3 Å². The molecule has 3 heterocycles. The van der Waals surface area contributed by atoms with E-state index >= 15 is 0 Å². The lowest BCUT2D eigenvalue weighted by Crippen LogP contribution is -2.41. The van der Waals surface area contributed by atoms with Gasteiger partial charge in [0, 0.05) is 25.3 Å². The van der Waals surface area contributed by atoms with Crippen LogP contribution in [-0.4, -0.2) is 58.2 Å². The van der Waals surface area contributed by atoms with Gasteiger partial charge in [0.2, 0.25) is 5.91 Å². The molecular weight excluding hydrogens is 390 g/mol. The number of hydrogen-bond acceptors (Lipinski definition) is 6. The molecular formula is C20H23N5O3S. The van der Waals surface area contributed by atoms with Crippen LogP contribution in [0.25, 0.3) is 5.78 Å². The Kier molecular flexibility index (Phi) is 5.08. The van der Waals surface area contributed by atoms with Crippen molar-refractivity contribution < 1.29 is 13.2 Å². The molecule has 0 aliphatic carbocycles. The molecule has 1 saturated heterocycles. The van der Waals surface area contributed by atoms with Crippen LogP contribution in [0.1, 0.15) is 42.9 Å². The van der Waals surface area contributed by atoms with E-state index in [4.69, 9.17) is 0 Å². The molecule has 29 heavy (non-hydrogen) atoms. The van der Waals surface area contributed by atoms with E-state index in [-0.39, 0.29) is 22.6 Å². The van der Waals surface area contributed by atoms with Crippen LogP contribution in [0.15, 0.2) is 47.8 Å². The third-order valence-corrected chi connectivity index (χ3v) is 6.61. The zero-order chi connectivity index (χ0) is 20.6. The number of hydrogen-bond donors (Lipinski definition) is 0. The van der Waals surface area contributed by atoms with Gasteiger partial charge in [-0.25, -0.2) is 13.4 Å². The molecule has 1 fully saturated rings. The van der Waals surface area contributed by atoms with Gasteiger partial charge in [0.1, 0.15) is 11.2 Å². The number of sulfone groups is 1. The van der Waals surface area contributed by atoms with E-state index in [9.17, 15) is 13.2 Å². The quantitative estimate of drug-likeness (QED) is 0.649. The van der Waals surface area contributed by atoms with Crippen LogP contribution >= 0.6 is 0 Å². The van der Waals surface area contributed by atoms with E-state index in [2.05, 4.69) is 15.1 Å². The molecule has 3 aromatic rings. The van der Waals surface area contributed by atoms with Crippen molar-refractivity contribution in [2.45, 2.75) is 36.5 Å². The standard InChI is InChI=1S/C20H23N5O3S/c1-14(15-7-4-3-5-8-15)19(26)24-10-6-9-16(12-24)18-17(29(2,27)28)11-21-20-22-13-23-25(18)20/h3-5,7-8,11,13-14,16H,6,9-10,12H2,1-2H3/t14-,16+/m1/s1. The summed E-state index contributed by atoms with van der Waals surface area (Å²) in [6.45, 7) is 3.01. The average molecular weight is 414 g/mol. The molecule has 1 aromatic carbocycles. The van der Waals surface area contributed by atoms with Gasteiger partial charge in [-0.05, 0) is 25.3 Å². The van der Waals surface area contributed by atoms with E-state index in [0.717, 1.165) is 18.4 Å². The number of piperidine rings is 1. The summed E-state index contributed by atoms with van der Waals surface area (Å²) in [7, 11) is -3.50. The molecule has 0 spiro atoms. The van der Waals surface area contributed by atoms with Gasteiger partial charge in [0.15, 0.2) is 9.84 Å². The van der Waals surface area contributed by atoms with Crippen molar-refractivity contribution in [3.8, 4) is 0 Å². The normalized spacial score (nSPS) is 18.7. The van der Waals surface area contributed by atoms with Crippen LogP contribution in [0.3, 0.4) is 0 Å². The number of aromatic nitrogens is 4. The third-order valence-electron chi connectivity index (χ3n) is 5.50. The lowest BCUT2D eigenvalue weighted by atomic mass is 9.92. The molecule has 0 N–H and O–H groups in total. The van der Waals surface area contributed by atoms with Crippen molar-refractivity contribution in [1.29, 1.82) is 0 Å². The van der Waals surface area contributed by atoms with Crippen molar-refractivity contribution in [3.05, 3.63) is 54.1 Å². The Bertz CT molecular complexity index is 1140. The molecule has 152 valence electrons. The molecule has 0 saturated carbocycles. The minimum Gasteiger partial charge on any atom is -0.342 e. The number of carbonyl (C=O) groups is 1. The number of benzene rings is 1. The molecule has 1 aliphatic heterocycles. The molecule has 1 aliphatic rings. The van der Waals surface area contributed by atoms with E-state index in [0.29, 0.717) is 24.6 Å². The van der Waals surface area contributed by atoms with E-state index in [1.54, 1.807) is 0 Å². The van der Waals surface area contributed by atoms with Gasteiger partial charge in [-0.1, -0.05) is 30.3 Å². The fourth-order valence-corrected chi connectivity index (χ4v) is 4.88.